The fraction of sp³-hybridized carbons (Fsp3) is 0.417. The lowest BCUT2D eigenvalue weighted by molar-refractivity contribution is 0.206. The maximum atomic E-state index is 11.6. The van der Waals surface area contributed by atoms with Crippen molar-refractivity contribution in [3.63, 3.8) is 0 Å². The van der Waals surface area contributed by atoms with Crippen LogP contribution in [0.5, 0.6) is 0 Å². The van der Waals surface area contributed by atoms with Crippen LogP contribution in [0.2, 0.25) is 0 Å². The van der Waals surface area contributed by atoms with Crippen molar-refractivity contribution in [1.29, 1.82) is 0 Å². The molecule has 92 valence electrons. The highest BCUT2D eigenvalue weighted by atomic mass is 79.9. The second-order valence-corrected chi connectivity index (χ2v) is 5.30. The van der Waals surface area contributed by atoms with Gasteiger partial charge < -0.3 is 15.7 Å². The molecule has 2 amide bonds. The lowest BCUT2D eigenvalue weighted by Gasteiger charge is -2.13. The number of carbonyl (C=O) groups is 1. The average molecular weight is 299 g/mol. The molecule has 3 N–H and O–H groups in total. The fourth-order valence-corrected chi connectivity index (χ4v) is 1.95. The minimum Gasteiger partial charge on any atom is -0.396 e. The predicted octanol–water partition coefficient (Wildman–Crippen LogP) is 2.34. The second-order valence-electron chi connectivity index (χ2n) is 4.45. The molecule has 0 spiro atoms. The maximum absolute atomic E-state index is 11.6. The van der Waals surface area contributed by atoms with E-state index in [0.717, 1.165) is 23.0 Å². The molecule has 2 rings (SSSR count). The van der Waals surface area contributed by atoms with Gasteiger partial charge in [-0.2, -0.15) is 0 Å². The molecule has 0 unspecified atom stereocenters. The molecule has 0 heterocycles. The number of aliphatic hydroxyl groups is 1. The molecule has 1 aromatic rings. The third kappa shape index (κ3) is 3.20. The molecule has 1 aliphatic carbocycles. The molecule has 1 aromatic carbocycles. The van der Waals surface area contributed by atoms with Crippen molar-refractivity contribution < 1.29 is 9.90 Å². The molecule has 0 radical (unpaired) electrons. The number of nitrogens with one attached hydrogen (secondary N) is 2. The summed E-state index contributed by atoms with van der Waals surface area (Å²) in [5.74, 6) is 0. The van der Waals surface area contributed by atoms with Gasteiger partial charge in [0.25, 0.3) is 0 Å². The molecule has 0 aromatic heterocycles. The van der Waals surface area contributed by atoms with Gasteiger partial charge in [0, 0.05) is 16.4 Å². The van der Waals surface area contributed by atoms with E-state index in [1.807, 2.05) is 24.3 Å². The Morgan fingerprint density at radius 1 is 1.41 bits per heavy atom. The van der Waals surface area contributed by atoms with Gasteiger partial charge in [-0.3, -0.25) is 0 Å². The fourth-order valence-electron chi connectivity index (χ4n) is 1.56. The van der Waals surface area contributed by atoms with E-state index in [1.165, 1.54) is 0 Å². The normalized spacial score (nSPS) is 16.4. The second kappa shape index (κ2) is 5.06. The summed E-state index contributed by atoms with van der Waals surface area (Å²) >= 11 is 3.36. The number of benzene rings is 1. The first-order valence-corrected chi connectivity index (χ1v) is 6.35. The van der Waals surface area contributed by atoms with Gasteiger partial charge in [0.05, 0.1) is 12.3 Å². The highest BCUT2D eigenvalue weighted by Crippen LogP contribution is 2.44. The van der Waals surface area contributed by atoms with E-state index in [2.05, 4.69) is 26.6 Å². The van der Waals surface area contributed by atoms with Crippen LogP contribution in [0.1, 0.15) is 12.8 Å². The smallest absolute Gasteiger partial charge is 0.319 e. The Bertz CT molecular complexity index is 419. The predicted molar refractivity (Wildman–Crippen MR) is 69.9 cm³/mol. The maximum Gasteiger partial charge on any atom is 0.319 e. The van der Waals surface area contributed by atoms with Gasteiger partial charge in [-0.1, -0.05) is 12.1 Å². The minimum absolute atomic E-state index is 0.0642. The van der Waals surface area contributed by atoms with Crippen LogP contribution in [0.15, 0.2) is 28.7 Å². The average Bonchev–Trinajstić information content (AvgIpc) is 3.10. The zero-order valence-electron chi connectivity index (χ0n) is 9.37. The zero-order chi connectivity index (χ0) is 12.3. The van der Waals surface area contributed by atoms with Crippen LogP contribution in [0.3, 0.4) is 0 Å². The first kappa shape index (κ1) is 12.4. The van der Waals surface area contributed by atoms with Crippen molar-refractivity contribution in [3.05, 3.63) is 28.7 Å². The molecule has 4 nitrogen and oxygen atoms in total. The van der Waals surface area contributed by atoms with Crippen molar-refractivity contribution >= 4 is 27.6 Å². The number of hydrogen-bond donors (Lipinski definition) is 3. The first-order valence-electron chi connectivity index (χ1n) is 5.55. The molecule has 1 aliphatic rings. The Balaban J connectivity index is 1.83. The third-order valence-electron chi connectivity index (χ3n) is 3.04. The lowest BCUT2D eigenvalue weighted by Crippen LogP contribution is -2.35. The number of urea groups is 1. The summed E-state index contributed by atoms with van der Waals surface area (Å²) in [5, 5.41) is 14.7. The van der Waals surface area contributed by atoms with Gasteiger partial charge in [-0.25, -0.2) is 4.79 Å². The molecule has 1 saturated carbocycles. The summed E-state index contributed by atoms with van der Waals surface area (Å²) in [5.41, 5.74) is 0.671. The zero-order valence-corrected chi connectivity index (χ0v) is 11.0. The number of aliphatic hydroxyl groups excluding tert-OH is 1. The van der Waals surface area contributed by atoms with Gasteiger partial charge >= 0.3 is 6.03 Å². The summed E-state index contributed by atoms with van der Waals surface area (Å²) in [6, 6.07) is 7.19. The number of anilines is 1. The van der Waals surface area contributed by atoms with Crippen molar-refractivity contribution in [1.82, 2.24) is 5.32 Å². The highest BCUT2D eigenvalue weighted by Gasteiger charge is 2.42. The van der Waals surface area contributed by atoms with Crippen molar-refractivity contribution in [3.8, 4) is 0 Å². The van der Waals surface area contributed by atoms with E-state index in [9.17, 15) is 4.79 Å². The van der Waals surface area contributed by atoms with E-state index >= 15 is 0 Å². The molecule has 0 bridgehead atoms. The van der Waals surface area contributed by atoms with E-state index in [1.54, 1.807) is 0 Å². The van der Waals surface area contributed by atoms with E-state index in [0.29, 0.717) is 6.54 Å². The van der Waals surface area contributed by atoms with Crippen LogP contribution in [0, 0.1) is 5.41 Å². The Labute approximate surface area is 109 Å². The topological polar surface area (TPSA) is 61.4 Å². The molecule has 1 fully saturated rings. The Morgan fingerprint density at radius 3 is 2.71 bits per heavy atom. The van der Waals surface area contributed by atoms with Crippen LogP contribution in [0.25, 0.3) is 0 Å². The van der Waals surface area contributed by atoms with E-state index < -0.39 is 0 Å². The van der Waals surface area contributed by atoms with Gasteiger partial charge in [0.15, 0.2) is 0 Å². The number of amides is 2. The lowest BCUT2D eigenvalue weighted by atomic mass is 10.1. The number of hydrogen-bond acceptors (Lipinski definition) is 2. The Kier molecular flexibility index (Phi) is 3.69. The van der Waals surface area contributed by atoms with Gasteiger partial charge in [0.2, 0.25) is 0 Å². The van der Waals surface area contributed by atoms with Crippen LogP contribution in [-0.4, -0.2) is 24.3 Å². The summed E-state index contributed by atoms with van der Waals surface area (Å²) in [6.07, 6.45) is 1.97. The molecular weight excluding hydrogens is 284 g/mol. The van der Waals surface area contributed by atoms with Crippen molar-refractivity contribution in [2.45, 2.75) is 12.8 Å². The molecule has 5 heteroatoms. The summed E-state index contributed by atoms with van der Waals surface area (Å²) in [4.78, 5) is 11.6. The highest BCUT2D eigenvalue weighted by molar-refractivity contribution is 9.10. The van der Waals surface area contributed by atoms with E-state index in [-0.39, 0.29) is 18.1 Å². The molecule has 17 heavy (non-hydrogen) atoms. The third-order valence-corrected chi connectivity index (χ3v) is 3.73. The standard InChI is InChI=1S/C12H15BrN2O2/c13-9-3-1-2-4-10(9)15-11(17)14-7-12(8-16)5-6-12/h1-4,16H,5-8H2,(H2,14,15,17). The molecular formula is C12H15BrN2O2. The monoisotopic (exact) mass is 298 g/mol. The number of rotatable bonds is 4. The summed E-state index contributed by atoms with van der Waals surface area (Å²) in [6.45, 7) is 0.669. The van der Waals surface area contributed by atoms with Gasteiger partial charge in [0.1, 0.15) is 0 Å². The largest absolute Gasteiger partial charge is 0.396 e. The van der Waals surface area contributed by atoms with Crippen LogP contribution in [-0.2, 0) is 0 Å². The van der Waals surface area contributed by atoms with Crippen molar-refractivity contribution in [2.75, 3.05) is 18.5 Å². The van der Waals surface area contributed by atoms with E-state index in [4.69, 9.17) is 5.11 Å². The molecule has 0 aliphatic heterocycles. The van der Waals surface area contributed by atoms with Crippen molar-refractivity contribution in [2.24, 2.45) is 5.41 Å². The summed E-state index contributed by atoms with van der Waals surface area (Å²) in [7, 11) is 0. The van der Waals surface area contributed by atoms with Crippen LogP contribution in [0.4, 0.5) is 10.5 Å². The SMILES string of the molecule is O=C(NCC1(CO)CC1)Nc1ccccc1Br. The van der Waals surface area contributed by atoms with Crippen LogP contribution >= 0.6 is 15.9 Å². The van der Waals surface area contributed by atoms with Crippen LogP contribution < -0.4 is 10.6 Å². The number of halogens is 1. The first-order chi connectivity index (χ1) is 8.15. The Morgan fingerprint density at radius 2 is 2.12 bits per heavy atom. The molecule has 0 atom stereocenters. The number of carbonyl (C=O) groups excluding carboxylic acids is 1. The minimum atomic E-state index is -0.239. The van der Waals surface area contributed by atoms with Gasteiger partial charge in [-0.05, 0) is 40.9 Å². The Hall–Kier alpha value is -1.07. The number of para-hydroxylation sites is 1. The summed E-state index contributed by atoms with van der Waals surface area (Å²) < 4.78 is 0.846. The molecule has 0 saturated heterocycles. The quantitative estimate of drug-likeness (QED) is 0.799. The van der Waals surface area contributed by atoms with Gasteiger partial charge in [-0.15, -0.1) is 0 Å².